The van der Waals surface area contributed by atoms with Crippen molar-refractivity contribution in [2.45, 2.75) is 33.6 Å². The van der Waals surface area contributed by atoms with Crippen LogP contribution in [0.3, 0.4) is 0 Å². The molecule has 0 aromatic carbocycles. The van der Waals surface area contributed by atoms with E-state index in [1.54, 1.807) is 17.1 Å². The van der Waals surface area contributed by atoms with Gasteiger partial charge in [0.05, 0.1) is 12.5 Å². The van der Waals surface area contributed by atoms with Gasteiger partial charge in [0.2, 0.25) is 0 Å². The van der Waals surface area contributed by atoms with Gasteiger partial charge in [0, 0.05) is 13.5 Å². The number of carbonyl (C=O) groups is 1. The summed E-state index contributed by atoms with van der Waals surface area (Å²) in [6.45, 7) is 6.43. The first-order valence-electron chi connectivity index (χ1n) is 4.90. The molecule has 1 heterocycles. The van der Waals surface area contributed by atoms with E-state index in [1.165, 1.54) is 0 Å². The average Bonchev–Trinajstić information content (AvgIpc) is 2.46. The molecule has 3 heteroatoms. The van der Waals surface area contributed by atoms with Crippen molar-refractivity contribution in [3.05, 3.63) is 18.2 Å². The van der Waals surface area contributed by atoms with Gasteiger partial charge in [-0.05, 0) is 11.8 Å². The highest BCUT2D eigenvalue weighted by molar-refractivity contribution is 5.94. The van der Waals surface area contributed by atoms with E-state index in [9.17, 15) is 4.79 Å². The van der Waals surface area contributed by atoms with E-state index in [1.807, 2.05) is 7.05 Å². The maximum absolute atomic E-state index is 11.7. The smallest absolute Gasteiger partial charge is 0.180 e. The lowest BCUT2D eigenvalue weighted by Crippen LogP contribution is -2.11. The quantitative estimate of drug-likeness (QED) is 0.693. The summed E-state index contributed by atoms with van der Waals surface area (Å²) < 4.78 is 1.77. The molecule has 0 N–H and O–H groups in total. The molecule has 1 rings (SSSR count). The Balaban J connectivity index is 2.56. The Morgan fingerprint density at radius 2 is 2.14 bits per heavy atom. The van der Waals surface area contributed by atoms with Gasteiger partial charge in [-0.2, -0.15) is 0 Å². The second-order valence-corrected chi connectivity index (χ2v) is 4.87. The summed E-state index contributed by atoms with van der Waals surface area (Å²) in [4.78, 5) is 15.6. The van der Waals surface area contributed by atoms with Gasteiger partial charge in [-0.15, -0.1) is 0 Å². The molecule has 0 aliphatic rings. The van der Waals surface area contributed by atoms with Crippen molar-refractivity contribution in [3.63, 3.8) is 0 Å². The van der Waals surface area contributed by atoms with E-state index in [2.05, 4.69) is 25.8 Å². The predicted octanol–water partition coefficient (Wildman–Crippen LogP) is 2.43. The highest BCUT2D eigenvalue weighted by Crippen LogP contribution is 2.21. The molecule has 0 spiro atoms. The lowest BCUT2D eigenvalue weighted by Gasteiger charge is -2.16. The number of hydrogen-bond acceptors (Lipinski definition) is 2. The third-order valence-electron chi connectivity index (χ3n) is 2.20. The van der Waals surface area contributed by atoms with E-state index in [0.29, 0.717) is 12.1 Å². The maximum Gasteiger partial charge on any atom is 0.180 e. The molecule has 0 fully saturated rings. The third kappa shape index (κ3) is 2.98. The maximum atomic E-state index is 11.7. The van der Waals surface area contributed by atoms with Gasteiger partial charge in [-0.25, -0.2) is 4.98 Å². The number of hydrogen-bond donors (Lipinski definition) is 0. The van der Waals surface area contributed by atoms with Gasteiger partial charge in [0.1, 0.15) is 5.69 Å². The summed E-state index contributed by atoms with van der Waals surface area (Å²) in [7, 11) is 1.84. The Bertz CT molecular complexity index is 320. The molecular formula is C11H18N2O. The van der Waals surface area contributed by atoms with Crippen LogP contribution in [-0.2, 0) is 7.05 Å². The number of aryl methyl sites for hydroxylation is 1. The number of rotatable bonds is 3. The number of imidazole rings is 1. The van der Waals surface area contributed by atoms with Crippen molar-refractivity contribution in [1.82, 2.24) is 9.55 Å². The Morgan fingerprint density at radius 1 is 1.50 bits per heavy atom. The van der Waals surface area contributed by atoms with Crippen LogP contribution >= 0.6 is 0 Å². The number of nitrogens with zero attached hydrogens (tertiary/aromatic N) is 2. The zero-order valence-corrected chi connectivity index (χ0v) is 9.37. The number of carbonyl (C=O) groups excluding carboxylic acids is 1. The molecule has 0 saturated heterocycles. The minimum Gasteiger partial charge on any atom is -0.331 e. The monoisotopic (exact) mass is 194 g/mol. The van der Waals surface area contributed by atoms with Crippen LogP contribution in [0.15, 0.2) is 12.5 Å². The van der Waals surface area contributed by atoms with Crippen LogP contribution in [0.1, 0.15) is 44.1 Å². The zero-order chi connectivity index (χ0) is 10.8. The highest BCUT2D eigenvalue weighted by atomic mass is 16.1. The fourth-order valence-corrected chi connectivity index (χ4v) is 1.24. The first-order chi connectivity index (χ1) is 6.40. The van der Waals surface area contributed by atoms with E-state index < -0.39 is 0 Å². The summed E-state index contributed by atoms with van der Waals surface area (Å²) in [6, 6.07) is 0. The minimum atomic E-state index is 0.180. The Hall–Kier alpha value is -1.12. The molecule has 14 heavy (non-hydrogen) atoms. The molecular weight excluding hydrogens is 176 g/mol. The van der Waals surface area contributed by atoms with E-state index in [4.69, 9.17) is 0 Å². The Labute approximate surface area is 85.2 Å². The molecule has 0 atom stereocenters. The zero-order valence-electron chi connectivity index (χ0n) is 9.37. The van der Waals surface area contributed by atoms with Crippen molar-refractivity contribution >= 4 is 5.78 Å². The topological polar surface area (TPSA) is 34.9 Å². The SMILES string of the molecule is Cn1cncc1C(=O)CCC(C)(C)C. The van der Waals surface area contributed by atoms with Gasteiger partial charge >= 0.3 is 0 Å². The molecule has 1 aromatic rings. The lowest BCUT2D eigenvalue weighted by atomic mass is 9.89. The lowest BCUT2D eigenvalue weighted by molar-refractivity contribution is 0.0958. The Kier molecular flexibility index (Phi) is 3.09. The molecule has 0 bridgehead atoms. The fourth-order valence-electron chi connectivity index (χ4n) is 1.24. The third-order valence-corrected chi connectivity index (χ3v) is 2.20. The van der Waals surface area contributed by atoms with Crippen molar-refractivity contribution < 1.29 is 4.79 Å². The Morgan fingerprint density at radius 3 is 2.57 bits per heavy atom. The van der Waals surface area contributed by atoms with Crippen LogP contribution < -0.4 is 0 Å². The summed E-state index contributed by atoms with van der Waals surface area (Å²) in [5.74, 6) is 0.180. The summed E-state index contributed by atoms with van der Waals surface area (Å²) in [5, 5.41) is 0. The summed E-state index contributed by atoms with van der Waals surface area (Å²) in [5.41, 5.74) is 0.920. The molecule has 0 radical (unpaired) electrons. The standard InChI is InChI=1S/C11H18N2O/c1-11(2,3)6-5-10(14)9-7-12-8-13(9)4/h7-8H,5-6H2,1-4H3. The highest BCUT2D eigenvalue weighted by Gasteiger charge is 2.15. The first kappa shape index (κ1) is 11.0. The predicted molar refractivity (Wildman–Crippen MR) is 56.2 cm³/mol. The second-order valence-electron chi connectivity index (χ2n) is 4.87. The normalized spacial score (nSPS) is 11.7. The van der Waals surface area contributed by atoms with Gasteiger partial charge in [0.25, 0.3) is 0 Å². The summed E-state index contributed by atoms with van der Waals surface area (Å²) in [6.07, 6.45) is 4.80. The molecule has 0 aliphatic carbocycles. The van der Waals surface area contributed by atoms with Crippen molar-refractivity contribution in [2.24, 2.45) is 12.5 Å². The number of aromatic nitrogens is 2. The fraction of sp³-hybridized carbons (Fsp3) is 0.636. The largest absolute Gasteiger partial charge is 0.331 e. The molecule has 78 valence electrons. The van der Waals surface area contributed by atoms with Crippen LogP contribution in [-0.4, -0.2) is 15.3 Å². The minimum absolute atomic E-state index is 0.180. The van der Waals surface area contributed by atoms with Crippen LogP contribution in [0, 0.1) is 5.41 Å². The average molecular weight is 194 g/mol. The van der Waals surface area contributed by atoms with Gasteiger partial charge in [-0.1, -0.05) is 20.8 Å². The molecule has 3 nitrogen and oxygen atoms in total. The van der Waals surface area contributed by atoms with Crippen molar-refractivity contribution in [3.8, 4) is 0 Å². The van der Waals surface area contributed by atoms with Crippen LogP contribution in [0.25, 0.3) is 0 Å². The van der Waals surface area contributed by atoms with Crippen LogP contribution in [0.2, 0.25) is 0 Å². The van der Waals surface area contributed by atoms with Crippen molar-refractivity contribution in [2.75, 3.05) is 0 Å². The molecule has 0 saturated carbocycles. The number of Topliss-reactive ketones (excluding diaryl/α,β-unsaturated/α-hetero) is 1. The summed E-state index contributed by atoms with van der Waals surface area (Å²) >= 11 is 0. The molecule has 0 amide bonds. The molecule has 1 aromatic heterocycles. The van der Waals surface area contributed by atoms with Crippen molar-refractivity contribution in [1.29, 1.82) is 0 Å². The van der Waals surface area contributed by atoms with Crippen LogP contribution in [0.4, 0.5) is 0 Å². The van der Waals surface area contributed by atoms with E-state index >= 15 is 0 Å². The first-order valence-corrected chi connectivity index (χ1v) is 4.90. The molecule has 0 aliphatic heterocycles. The van der Waals surface area contributed by atoms with E-state index in [-0.39, 0.29) is 11.2 Å². The molecule has 0 unspecified atom stereocenters. The van der Waals surface area contributed by atoms with Gasteiger partial charge in [-0.3, -0.25) is 4.79 Å². The van der Waals surface area contributed by atoms with Crippen LogP contribution in [0.5, 0.6) is 0 Å². The van der Waals surface area contributed by atoms with E-state index in [0.717, 1.165) is 6.42 Å². The van der Waals surface area contributed by atoms with Gasteiger partial charge < -0.3 is 4.57 Å². The van der Waals surface area contributed by atoms with Gasteiger partial charge in [0.15, 0.2) is 5.78 Å². The number of ketones is 1. The second kappa shape index (κ2) is 3.95.